The Labute approximate surface area is 197 Å². The first-order valence-corrected chi connectivity index (χ1v) is 12.0. The summed E-state index contributed by atoms with van der Waals surface area (Å²) in [6, 6.07) is 13.7. The van der Waals surface area contributed by atoms with Gasteiger partial charge in [-0.3, -0.25) is 9.78 Å². The second kappa shape index (κ2) is 9.16. The molecule has 1 aromatic carbocycles. The van der Waals surface area contributed by atoms with Crippen molar-refractivity contribution in [3.05, 3.63) is 93.8 Å². The number of benzene rings is 1. The number of fused-ring (bicyclic) bond motifs is 1. The van der Waals surface area contributed by atoms with Crippen molar-refractivity contribution in [3.8, 4) is 0 Å². The second-order valence-corrected chi connectivity index (χ2v) is 9.24. The molecule has 0 radical (unpaired) electrons. The van der Waals surface area contributed by atoms with Crippen LogP contribution in [-0.2, 0) is 10.5 Å². The van der Waals surface area contributed by atoms with Gasteiger partial charge in [0.2, 0.25) is 11.1 Å². The molecule has 0 aliphatic carbocycles. The predicted octanol–water partition coefficient (Wildman–Crippen LogP) is 5.09. The third-order valence-corrected chi connectivity index (χ3v) is 6.94. The second-order valence-electron chi connectivity index (χ2n) is 7.32. The third kappa shape index (κ3) is 4.39. The van der Waals surface area contributed by atoms with E-state index in [1.807, 2.05) is 24.4 Å². The van der Waals surface area contributed by atoms with Crippen molar-refractivity contribution in [3.63, 3.8) is 0 Å². The van der Waals surface area contributed by atoms with Gasteiger partial charge in [0.15, 0.2) is 0 Å². The first-order valence-electron chi connectivity index (χ1n) is 10.2. The van der Waals surface area contributed by atoms with Crippen molar-refractivity contribution >= 4 is 40.6 Å². The van der Waals surface area contributed by atoms with Crippen LogP contribution in [0.15, 0.2) is 82.7 Å². The van der Waals surface area contributed by atoms with Crippen LogP contribution in [-0.4, -0.2) is 25.7 Å². The minimum absolute atomic E-state index is 0.242. The first kappa shape index (κ1) is 21.4. The van der Waals surface area contributed by atoms with Gasteiger partial charge in [0.05, 0.1) is 17.5 Å². The highest BCUT2D eigenvalue weighted by Crippen LogP contribution is 2.38. The van der Waals surface area contributed by atoms with E-state index in [9.17, 15) is 9.18 Å². The zero-order chi connectivity index (χ0) is 22.8. The zero-order valence-electron chi connectivity index (χ0n) is 17.5. The Morgan fingerprint density at radius 1 is 1.24 bits per heavy atom. The quantitative estimate of drug-likeness (QED) is 0.376. The Bertz CT molecular complexity index is 1320. The molecule has 1 atom stereocenters. The third-order valence-electron chi connectivity index (χ3n) is 5.12. The van der Waals surface area contributed by atoms with Crippen LogP contribution in [0.2, 0.25) is 0 Å². The maximum Gasteiger partial charge on any atom is 0.255 e. The molecule has 0 fully saturated rings. The van der Waals surface area contributed by atoms with Gasteiger partial charge < -0.3 is 10.6 Å². The number of hydrogen-bond acceptors (Lipinski definition) is 7. The fourth-order valence-electron chi connectivity index (χ4n) is 3.59. The van der Waals surface area contributed by atoms with Crippen LogP contribution in [0.3, 0.4) is 0 Å². The Balaban J connectivity index is 1.46. The summed E-state index contributed by atoms with van der Waals surface area (Å²) in [5, 5.41) is 13.3. The van der Waals surface area contributed by atoms with Gasteiger partial charge in [-0.25, -0.2) is 9.07 Å². The molecule has 0 saturated heterocycles. The molecule has 4 aromatic rings. The van der Waals surface area contributed by atoms with Gasteiger partial charge in [0, 0.05) is 22.5 Å². The topological polar surface area (TPSA) is 84.7 Å². The molecule has 33 heavy (non-hydrogen) atoms. The maximum absolute atomic E-state index is 14.0. The molecular weight excluding hydrogens is 459 g/mol. The normalized spacial score (nSPS) is 15.2. The van der Waals surface area contributed by atoms with Crippen molar-refractivity contribution in [1.29, 1.82) is 0 Å². The summed E-state index contributed by atoms with van der Waals surface area (Å²) in [5.41, 5.74) is 2.44. The van der Waals surface area contributed by atoms with Gasteiger partial charge in [-0.15, -0.1) is 16.4 Å². The smallest absolute Gasteiger partial charge is 0.255 e. The number of allylic oxidation sites excluding steroid dienone is 1. The molecule has 3 aromatic heterocycles. The summed E-state index contributed by atoms with van der Waals surface area (Å²) in [7, 11) is 0. The summed E-state index contributed by atoms with van der Waals surface area (Å²) >= 11 is 2.89. The summed E-state index contributed by atoms with van der Waals surface area (Å²) in [4.78, 5) is 22.9. The monoisotopic (exact) mass is 478 g/mol. The van der Waals surface area contributed by atoms with Crippen molar-refractivity contribution in [2.75, 3.05) is 10.6 Å². The molecule has 1 amide bonds. The van der Waals surface area contributed by atoms with E-state index in [1.165, 1.54) is 17.8 Å². The lowest BCUT2D eigenvalue weighted by atomic mass is 10.0. The van der Waals surface area contributed by atoms with Gasteiger partial charge in [0.1, 0.15) is 11.9 Å². The van der Waals surface area contributed by atoms with Crippen LogP contribution in [0, 0.1) is 5.82 Å². The number of aromatic nitrogens is 4. The number of nitrogens with zero attached hydrogens (tertiary/aromatic N) is 4. The number of rotatable bonds is 6. The minimum Gasteiger partial charge on any atom is -0.328 e. The van der Waals surface area contributed by atoms with Gasteiger partial charge in [0.25, 0.3) is 5.91 Å². The highest BCUT2D eigenvalue weighted by atomic mass is 32.2. The number of thiophene rings is 1. The van der Waals surface area contributed by atoms with E-state index in [-0.39, 0.29) is 11.7 Å². The SMILES string of the molecule is CC1=C(C(=O)Nc2cccnc2)[C@@H](c2cccs2)n2nc(SCc3ccccc3F)nc2N1. The van der Waals surface area contributed by atoms with Gasteiger partial charge in [-0.05, 0) is 42.1 Å². The van der Waals surface area contributed by atoms with E-state index in [2.05, 4.69) is 25.7 Å². The van der Waals surface area contributed by atoms with E-state index < -0.39 is 6.04 Å². The molecule has 5 rings (SSSR count). The average Bonchev–Trinajstić information content (AvgIpc) is 3.48. The van der Waals surface area contributed by atoms with Crippen LogP contribution in [0.5, 0.6) is 0 Å². The molecule has 4 heterocycles. The molecule has 0 saturated carbocycles. The number of hydrogen-bond donors (Lipinski definition) is 2. The van der Waals surface area contributed by atoms with E-state index in [0.29, 0.717) is 39.4 Å². The molecule has 0 unspecified atom stereocenters. The standard InChI is InChI=1S/C23H19FN6OS2/c1-14-19(21(31)27-16-7-4-10-25-12-16)20(18-9-5-11-32-18)30-22(26-14)28-23(29-30)33-13-15-6-2-3-8-17(15)24/h2-12,20H,13H2,1H3,(H,27,31)(H,26,28,29)/t20-/m1/s1. The molecule has 7 nitrogen and oxygen atoms in total. The number of pyridine rings is 1. The molecule has 0 bridgehead atoms. The van der Waals surface area contributed by atoms with Crippen LogP contribution < -0.4 is 10.6 Å². The van der Waals surface area contributed by atoms with Crippen LogP contribution in [0.1, 0.15) is 23.4 Å². The Hall–Kier alpha value is -3.50. The highest BCUT2D eigenvalue weighted by Gasteiger charge is 2.35. The zero-order valence-corrected chi connectivity index (χ0v) is 19.2. The number of carbonyl (C=O) groups excluding carboxylic acids is 1. The Kier molecular flexibility index (Phi) is 5.93. The molecule has 1 aliphatic rings. The molecule has 166 valence electrons. The van der Waals surface area contributed by atoms with Crippen molar-refractivity contribution in [2.45, 2.75) is 23.9 Å². The van der Waals surface area contributed by atoms with E-state index in [4.69, 9.17) is 0 Å². The number of carbonyl (C=O) groups is 1. The number of halogens is 1. The van der Waals surface area contributed by atoms with Crippen LogP contribution in [0.25, 0.3) is 0 Å². The lowest BCUT2D eigenvalue weighted by Gasteiger charge is -2.27. The van der Waals surface area contributed by atoms with Crippen molar-refractivity contribution in [2.24, 2.45) is 0 Å². The summed E-state index contributed by atoms with van der Waals surface area (Å²) in [6.07, 6.45) is 3.25. The van der Waals surface area contributed by atoms with Crippen LogP contribution >= 0.6 is 23.1 Å². The first-order chi connectivity index (χ1) is 16.1. The molecular formula is C23H19FN6OS2. The summed E-state index contributed by atoms with van der Waals surface area (Å²) in [5.74, 6) is 0.448. The fourth-order valence-corrected chi connectivity index (χ4v) is 5.22. The highest BCUT2D eigenvalue weighted by molar-refractivity contribution is 7.98. The van der Waals surface area contributed by atoms with Gasteiger partial charge in [-0.2, -0.15) is 4.98 Å². The summed E-state index contributed by atoms with van der Waals surface area (Å²) in [6.45, 7) is 1.85. The number of amides is 1. The Morgan fingerprint density at radius 3 is 2.88 bits per heavy atom. The number of thioether (sulfide) groups is 1. The fraction of sp³-hybridized carbons (Fsp3) is 0.130. The summed E-state index contributed by atoms with van der Waals surface area (Å²) < 4.78 is 15.7. The van der Waals surface area contributed by atoms with E-state index >= 15 is 0 Å². The number of anilines is 2. The van der Waals surface area contributed by atoms with E-state index in [1.54, 1.807) is 58.7 Å². The molecule has 10 heteroatoms. The molecule has 1 aliphatic heterocycles. The lowest BCUT2D eigenvalue weighted by Crippen LogP contribution is -2.31. The maximum atomic E-state index is 14.0. The largest absolute Gasteiger partial charge is 0.328 e. The van der Waals surface area contributed by atoms with Crippen molar-refractivity contribution < 1.29 is 9.18 Å². The van der Waals surface area contributed by atoms with Gasteiger partial charge >= 0.3 is 0 Å². The molecule has 0 spiro atoms. The van der Waals surface area contributed by atoms with Crippen molar-refractivity contribution in [1.82, 2.24) is 19.7 Å². The van der Waals surface area contributed by atoms with Crippen LogP contribution in [0.4, 0.5) is 16.0 Å². The average molecular weight is 479 g/mol. The van der Waals surface area contributed by atoms with E-state index in [0.717, 1.165) is 4.88 Å². The Morgan fingerprint density at radius 2 is 2.12 bits per heavy atom. The minimum atomic E-state index is -0.437. The predicted molar refractivity (Wildman–Crippen MR) is 128 cm³/mol. The molecule has 2 N–H and O–H groups in total. The lowest BCUT2D eigenvalue weighted by molar-refractivity contribution is -0.113. The number of nitrogens with one attached hydrogen (secondary N) is 2. The van der Waals surface area contributed by atoms with Gasteiger partial charge in [-0.1, -0.05) is 36.0 Å².